The van der Waals surface area contributed by atoms with Gasteiger partial charge in [0.25, 0.3) is 0 Å². The van der Waals surface area contributed by atoms with E-state index in [1.807, 2.05) is 6.07 Å². The van der Waals surface area contributed by atoms with Gasteiger partial charge in [0.05, 0.1) is 26.4 Å². The molecule has 2 atom stereocenters. The Morgan fingerprint density at radius 2 is 2.28 bits per heavy atom. The van der Waals surface area contributed by atoms with Gasteiger partial charge >= 0.3 is 0 Å². The number of ether oxygens (including phenoxy) is 3. The van der Waals surface area contributed by atoms with E-state index in [9.17, 15) is 0 Å². The molecule has 2 saturated heterocycles. The smallest absolute Gasteiger partial charge is 0.218 e. The molecule has 3 rings (SSSR count). The number of piperidine rings is 1. The molecule has 0 unspecified atom stereocenters. The lowest BCUT2D eigenvalue weighted by molar-refractivity contribution is -0.125. The van der Waals surface area contributed by atoms with E-state index < -0.39 is 0 Å². The predicted octanol–water partition coefficient (Wildman–Crippen LogP) is 1.44. The molecule has 0 radical (unpaired) electrons. The fourth-order valence-corrected chi connectivity index (χ4v) is 3.83. The normalized spacial score (nSPS) is 26.6. The number of rotatable bonds is 7. The summed E-state index contributed by atoms with van der Waals surface area (Å²) in [5.41, 5.74) is 0.0427. The van der Waals surface area contributed by atoms with Crippen molar-refractivity contribution in [3.05, 3.63) is 12.4 Å². The number of anilines is 1. The summed E-state index contributed by atoms with van der Waals surface area (Å²) in [5.74, 6) is 1.52. The van der Waals surface area contributed by atoms with E-state index in [0.717, 1.165) is 64.5 Å². The third-order valence-corrected chi connectivity index (χ3v) is 5.22. The lowest BCUT2D eigenvalue weighted by Crippen LogP contribution is -2.57. The van der Waals surface area contributed by atoms with Gasteiger partial charge in [-0.1, -0.05) is 0 Å². The van der Waals surface area contributed by atoms with E-state index in [0.29, 0.717) is 5.88 Å². The summed E-state index contributed by atoms with van der Waals surface area (Å²) in [7, 11) is 5.77. The molecule has 0 aliphatic carbocycles. The van der Waals surface area contributed by atoms with Crippen LogP contribution in [-0.4, -0.2) is 81.6 Å². The quantitative estimate of drug-likeness (QED) is 0.690. The summed E-state index contributed by atoms with van der Waals surface area (Å²) in [5, 5.41) is 0. The first-order chi connectivity index (χ1) is 12.1. The molecule has 0 bridgehead atoms. The molecular weight excluding hydrogens is 320 g/mol. The minimum Gasteiger partial charge on any atom is -0.481 e. The van der Waals surface area contributed by atoms with Crippen LogP contribution in [0.2, 0.25) is 0 Å². The van der Waals surface area contributed by atoms with Gasteiger partial charge in [-0.05, 0) is 33.4 Å². The highest BCUT2D eigenvalue weighted by molar-refractivity contribution is 5.42. The van der Waals surface area contributed by atoms with Crippen molar-refractivity contribution in [3.8, 4) is 5.88 Å². The zero-order chi connectivity index (χ0) is 17.7. The highest BCUT2D eigenvalue weighted by Gasteiger charge is 2.46. The zero-order valence-electron chi connectivity index (χ0n) is 15.6. The number of nitrogens with zero attached hydrogens (tertiary/aromatic N) is 4. The maximum absolute atomic E-state index is 6.12. The van der Waals surface area contributed by atoms with Gasteiger partial charge < -0.3 is 24.0 Å². The Morgan fingerprint density at radius 3 is 3.08 bits per heavy atom. The van der Waals surface area contributed by atoms with E-state index in [1.54, 1.807) is 13.4 Å². The minimum absolute atomic E-state index is 0.0427. The third kappa shape index (κ3) is 4.40. The Balaban J connectivity index is 1.70. The predicted molar refractivity (Wildman–Crippen MR) is 96.2 cm³/mol. The Kier molecular flexibility index (Phi) is 6.09. The Morgan fingerprint density at radius 1 is 1.40 bits per heavy atom. The van der Waals surface area contributed by atoms with E-state index in [4.69, 9.17) is 14.2 Å². The number of methoxy groups -OCH3 is 1. The van der Waals surface area contributed by atoms with Gasteiger partial charge in [-0.2, -0.15) is 0 Å². The molecular formula is C18H30N4O3. The number of fused-ring (bicyclic) bond motifs is 1. The summed E-state index contributed by atoms with van der Waals surface area (Å²) in [4.78, 5) is 13.0. The number of hydrogen-bond acceptors (Lipinski definition) is 7. The molecule has 25 heavy (non-hydrogen) atoms. The number of aromatic nitrogens is 2. The molecule has 2 fully saturated rings. The SMILES string of the molecule is COc1cc(N2CC[C@H]3OCCC[C@@]3(COCCN(C)C)C2)ncn1. The van der Waals surface area contributed by atoms with Crippen LogP contribution in [0.25, 0.3) is 0 Å². The molecule has 3 heterocycles. The van der Waals surface area contributed by atoms with Crippen LogP contribution in [0.15, 0.2) is 12.4 Å². The second kappa shape index (κ2) is 8.29. The third-order valence-electron chi connectivity index (χ3n) is 5.22. The van der Waals surface area contributed by atoms with Gasteiger partial charge in [0.15, 0.2) is 0 Å². The minimum atomic E-state index is 0.0427. The molecule has 0 aromatic carbocycles. The monoisotopic (exact) mass is 350 g/mol. The molecule has 0 amide bonds. The zero-order valence-corrected chi connectivity index (χ0v) is 15.6. The van der Waals surface area contributed by atoms with Crippen LogP contribution in [0.1, 0.15) is 19.3 Å². The molecule has 2 aliphatic heterocycles. The maximum Gasteiger partial charge on any atom is 0.218 e. The highest BCUT2D eigenvalue weighted by atomic mass is 16.5. The topological polar surface area (TPSA) is 60.0 Å². The number of likely N-dealkylation sites (N-methyl/N-ethyl adjacent to an activating group) is 1. The largest absolute Gasteiger partial charge is 0.481 e. The van der Waals surface area contributed by atoms with Crippen LogP contribution >= 0.6 is 0 Å². The summed E-state index contributed by atoms with van der Waals surface area (Å²) in [6, 6.07) is 1.91. The average molecular weight is 350 g/mol. The van der Waals surface area contributed by atoms with Crippen LogP contribution in [0.5, 0.6) is 5.88 Å². The Labute approximate surface area is 150 Å². The Bertz CT molecular complexity index is 557. The fourth-order valence-electron chi connectivity index (χ4n) is 3.83. The Hall–Kier alpha value is -1.44. The summed E-state index contributed by atoms with van der Waals surface area (Å²) < 4.78 is 17.4. The van der Waals surface area contributed by atoms with Crippen molar-refractivity contribution in [3.63, 3.8) is 0 Å². The average Bonchev–Trinajstić information content (AvgIpc) is 2.64. The van der Waals surface area contributed by atoms with Gasteiger partial charge in [-0.15, -0.1) is 0 Å². The molecule has 1 aromatic rings. The van der Waals surface area contributed by atoms with Crippen LogP contribution in [0.4, 0.5) is 5.82 Å². The summed E-state index contributed by atoms with van der Waals surface area (Å²) in [6.45, 7) is 5.14. The first kappa shape index (κ1) is 18.4. The molecule has 140 valence electrons. The molecule has 1 aromatic heterocycles. The van der Waals surface area contributed by atoms with Gasteiger partial charge in [-0.3, -0.25) is 0 Å². The fraction of sp³-hybridized carbons (Fsp3) is 0.778. The van der Waals surface area contributed by atoms with Crippen molar-refractivity contribution in [2.24, 2.45) is 5.41 Å². The lowest BCUT2D eigenvalue weighted by Gasteiger charge is -2.50. The van der Waals surface area contributed by atoms with Crippen LogP contribution in [0, 0.1) is 5.41 Å². The van der Waals surface area contributed by atoms with E-state index in [2.05, 4.69) is 33.9 Å². The lowest BCUT2D eigenvalue weighted by atomic mass is 9.73. The van der Waals surface area contributed by atoms with Crippen molar-refractivity contribution < 1.29 is 14.2 Å². The first-order valence-electron chi connectivity index (χ1n) is 9.08. The van der Waals surface area contributed by atoms with E-state index >= 15 is 0 Å². The summed E-state index contributed by atoms with van der Waals surface area (Å²) in [6.07, 6.45) is 5.08. The van der Waals surface area contributed by atoms with Crippen LogP contribution in [-0.2, 0) is 9.47 Å². The van der Waals surface area contributed by atoms with Crippen molar-refractivity contribution in [2.45, 2.75) is 25.4 Å². The van der Waals surface area contributed by atoms with Crippen molar-refractivity contribution in [2.75, 3.05) is 65.6 Å². The van der Waals surface area contributed by atoms with Crippen molar-refractivity contribution >= 4 is 5.82 Å². The van der Waals surface area contributed by atoms with Gasteiger partial charge in [0.1, 0.15) is 12.1 Å². The standard InChI is InChI=1S/C18H30N4O3/c1-21(2)8-10-24-13-18-6-4-9-25-15(18)5-7-22(12-18)16-11-17(23-3)20-14-19-16/h11,14-15H,4-10,12-13H2,1-3H3/t15-,18+/m1/s1. The van der Waals surface area contributed by atoms with Crippen LogP contribution in [0.3, 0.4) is 0 Å². The van der Waals surface area contributed by atoms with Gasteiger partial charge in [0.2, 0.25) is 5.88 Å². The second-order valence-electron chi connectivity index (χ2n) is 7.31. The van der Waals surface area contributed by atoms with Gasteiger partial charge in [-0.25, -0.2) is 9.97 Å². The van der Waals surface area contributed by atoms with E-state index in [-0.39, 0.29) is 11.5 Å². The number of hydrogen-bond donors (Lipinski definition) is 0. The molecule has 0 saturated carbocycles. The van der Waals surface area contributed by atoms with Crippen molar-refractivity contribution in [1.29, 1.82) is 0 Å². The molecule has 7 nitrogen and oxygen atoms in total. The van der Waals surface area contributed by atoms with Crippen LogP contribution < -0.4 is 9.64 Å². The highest BCUT2D eigenvalue weighted by Crippen LogP contribution is 2.41. The van der Waals surface area contributed by atoms with Gasteiger partial charge in [0, 0.05) is 37.7 Å². The molecule has 7 heteroatoms. The first-order valence-corrected chi connectivity index (χ1v) is 9.08. The van der Waals surface area contributed by atoms with E-state index in [1.165, 1.54) is 0 Å². The molecule has 0 spiro atoms. The summed E-state index contributed by atoms with van der Waals surface area (Å²) >= 11 is 0. The maximum atomic E-state index is 6.12. The molecule has 0 N–H and O–H groups in total. The van der Waals surface area contributed by atoms with Crippen molar-refractivity contribution in [1.82, 2.24) is 14.9 Å². The second-order valence-corrected chi connectivity index (χ2v) is 7.31. The molecule has 2 aliphatic rings.